The molecule has 3 nitrogen and oxygen atoms in total. The van der Waals surface area contributed by atoms with E-state index in [1.807, 2.05) is 30.6 Å². The van der Waals surface area contributed by atoms with Gasteiger partial charge in [-0.25, -0.2) is 4.99 Å². The van der Waals surface area contributed by atoms with Crippen molar-refractivity contribution in [1.29, 1.82) is 5.41 Å². The van der Waals surface area contributed by atoms with E-state index >= 15 is 0 Å². The van der Waals surface area contributed by atoms with Gasteiger partial charge in [0.25, 0.3) is 0 Å². The van der Waals surface area contributed by atoms with Crippen LogP contribution in [0.25, 0.3) is 52.8 Å². The summed E-state index contributed by atoms with van der Waals surface area (Å²) >= 11 is 1.75. The van der Waals surface area contributed by atoms with Crippen molar-refractivity contribution in [2.75, 3.05) is 4.90 Å². The molecule has 7 aromatic carbocycles. The summed E-state index contributed by atoms with van der Waals surface area (Å²) in [6.07, 6.45) is 1.93. The summed E-state index contributed by atoms with van der Waals surface area (Å²) in [5, 5.41) is 16.7. The highest BCUT2D eigenvalue weighted by Crippen LogP contribution is 2.48. The van der Waals surface area contributed by atoms with Crippen molar-refractivity contribution in [1.82, 2.24) is 0 Å². The van der Waals surface area contributed by atoms with Crippen LogP contribution in [0.1, 0.15) is 11.1 Å². The minimum atomic E-state index is 0.479. The average molecular weight is 580 g/mol. The summed E-state index contributed by atoms with van der Waals surface area (Å²) in [4.78, 5) is 7.31. The molecule has 2 heterocycles. The van der Waals surface area contributed by atoms with Crippen molar-refractivity contribution >= 4 is 82.2 Å². The molecule has 44 heavy (non-hydrogen) atoms. The zero-order valence-corrected chi connectivity index (χ0v) is 24.5. The van der Waals surface area contributed by atoms with E-state index in [4.69, 9.17) is 4.99 Å². The maximum atomic E-state index is 9.41. The van der Waals surface area contributed by atoms with Gasteiger partial charge in [0.2, 0.25) is 0 Å². The molecule has 0 spiro atoms. The lowest BCUT2D eigenvalue weighted by molar-refractivity contribution is 1.35. The van der Waals surface area contributed by atoms with Crippen LogP contribution in [0.4, 0.5) is 17.1 Å². The van der Waals surface area contributed by atoms with Crippen LogP contribution in [-0.4, -0.2) is 12.1 Å². The van der Waals surface area contributed by atoms with Crippen LogP contribution in [0, 0.1) is 5.41 Å². The maximum absolute atomic E-state index is 9.41. The van der Waals surface area contributed by atoms with Crippen LogP contribution >= 0.6 is 11.3 Å². The van der Waals surface area contributed by atoms with E-state index in [-0.39, 0.29) is 0 Å². The summed E-state index contributed by atoms with van der Waals surface area (Å²) < 4.78 is 2.37. The SMILES string of the molecule is N=C(c1ccccc1/N=C/N1c2cc3ccccc3cc2-c2cccc3cccc1c23)c1cccc2c1sc1ccccc12. The Morgan fingerprint density at radius 1 is 0.591 bits per heavy atom. The number of nitrogens with one attached hydrogen (secondary N) is 1. The molecule has 0 saturated carbocycles. The van der Waals surface area contributed by atoms with E-state index in [1.165, 1.54) is 48.1 Å². The summed E-state index contributed by atoms with van der Waals surface area (Å²) in [6.45, 7) is 0. The fourth-order valence-electron chi connectivity index (χ4n) is 6.65. The smallest absolute Gasteiger partial charge is 0.100 e. The molecule has 206 valence electrons. The van der Waals surface area contributed by atoms with Crippen molar-refractivity contribution in [3.05, 3.63) is 151 Å². The molecule has 8 aromatic rings. The molecule has 0 bridgehead atoms. The van der Waals surface area contributed by atoms with Gasteiger partial charge in [-0.1, -0.05) is 109 Å². The number of benzene rings is 7. The van der Waals surface area contributed by atoms with Gasteiger partial charge < -0.3 is 0 Å². The molecule has 0 atom stereocenters. The first-order valence-electron chi connectivity index (χ1n) is 14.7. The van der Waals surface area contributed by atoms with Crippen LogP contribution in [0.15, 0.2) is 145 Å². The zero-order valence-electron chi connectivity index (χ0n) is 23.7. The van der Waals surface area contributed by atoms with Crippen molar-refractivity contribution in [3.8, 4) is 11.1 Å². The second-order valence-electron chi connectivity index (χ2n) is 11.2. The Morgan fingerprint density at radius 2 is 1.27 bits per heavy atom. The van der Waals surface area contributed by atoms with Gasteiger partial charge in [-0.15, -0.1) is 11.3 Å². The molecule has 0 saturated heterocycles. The highest BCUT2D eigenvalue weighted by Gasteiger charge is 2.24. The molecule has 1 aliphatic heterocycles. The number of fused-ring (bicyclic) bond motifs is 6. The highest BCUT2D eigenvalue weighted by molar-refractivity contribution is 7.26. The summed E-state index contributed by atoms with van der Waals surface area (Å²) in [6, 6.07) is 48.8. The molecule has 0 radical (unpaired) electrons. The highest BCUT2D eigenvalue weighted by atomic mass is 32.1. The molecular formula is C40H25N3S. The average Bonchev–Trinajstić information content (AvgIpc) is 3.46. The quantitative estimate of drug-likeness (QED) is 0.163. The molecule has 1 aromatic heterocycles. The number of nitrogens with zero attached hydrogens (tertiary/aromatic N) is 2. The molecule has 0 unspecified atom stereocenters. The molecule has 4 heteroatoms. The standard InChI is InChI=1S/C40H25N3S/c41-39(32-18-9-17-30-28-14-4-6-21-37(28)44-40(30)32)31-15-3-5-19-34(31)42-24-43-35-20-8-13-25-12-7-16-29(38(25)35)33-22-26-10-1-2-11-27(26)23-36(33)43/h1-24,41H/b41-39?,42-24+. The van der Waals surface area contributed by atoms with Gasteiger partial charge in [-0.05, 0) is 52.1 Å². The fraction of sp³-hybridized carbons (Fsp3) is 0. The van der Waals surface area contributed by atoms with Gasteiger partial charge in [-0.3, -0.25) is 10.3 Å². The Kier molecular flexibility index (Phi) is 5.52. The minimum Gasteiger partial charge on any atom is -0.300 e. The molecular weight excluding hydrogens is 555 g/mol. The lowest BCUT2D eigenvalue weighted by Gasteiger charge is -2.30. The van der Waals surface area contributed by atoms with Gasteiger partial charge in [-0.2, -0.15) is 0 Å². The van der Waals surface area contributed by atoms with Crippen LogP contribution in [0.3, 0.4) is 0 Å². The molecule has 1 N–H and O–H groups in total. The Labute approximate surface area is 258 Å². The van der Waals surface area contributed by atoms with E-state index < -0.39 is 0 Å². The van der Waals surface area contributed by atoms with E-state index in [1.54, 1.807) is 11.3 Å². The van der Waals surface area contributed by atoms with Gasteiger partial charge in [0.15, 0.2) is 0 Å². The van der Waals surface area contributed by atoms with Crippen molar-refractivity contribution in [2.24, 2.45) is 4.99 Å². The monoisotopic (exact) mass is 579 g/mol. The van der Waals surface area contributed by atoms with E-state index in [9.17, 15) is 5.41 Å². The third-order valence-corrected chi connectivity index (χ3v) is 9.94. The van der Waals surface area contributed by atoms with Gasteiger partial charge in [0, 0.05) is 42.2 Å². The third kappa shape index (κ3) is 3.75. The largest absolute Gasteiger partial charge is 0.300 e. The zero-order chi connectivity index (χ0) is 29.2. The Bertz CT molecular complexity index is 2480. The summed E-state index contributed by atoms with van der Waals surface area (Å²) in [7, 11) is 0. The van der Waals surface area contributed by atoms with Crippen LogP contribution in [0.2, 0.25) is 0 Å². The molecule has 0 fully saturated rings. The first-order valence-corrected chi connectivity index (χ1v) is 15.5. The lowest BCUT2D eigenvalue weighted by Crippen LogP contribution is -2.18. The Hall–Kier alpha value is -5.58. The number of anilines is 2. The molecule has 0 amide bonds. The first kappa shape index (κ1) is 25.0. The van der Waals surface area contributed by atoms with Gasteiger partial charge in [0.1, 0.15) is 6.34 Å². The number of hydrogen-bond acceptors (Lipinski definition) is 3. The van der Waals surface area contributed by atoms with E-state index in [0.29, 0.717) is 5.71 Å². The van der Waals surface area contributed by atoms with Crippen LogP contribution in [-0.2, 0) is 0 Å². The van der Waals surface area contributed by atoms with Crippen molar-refractivity contribution in [3.63, 3.8) is 0 Å². The Morgan fingerprint density at radius 3 is 2.18 bits per heavy atom. The van der Waals surface area contributed by atoms with Crippen molar-refractivity contribution < 1.29 is 0 Å². The predicted molar refractivity (Wildman–Crippen MR) is 189 cm³/mol. The summed E-state index contributed by atoms with van der Waals surface area (Å²) in [5.74, 6) is 0. The molecule has 9 rings (SSSR count). The van der Waals surface area contributed by atoms with Crippen molar-refractivity contribution in [2.45, 2.75) is 0 Å². The maximum Gasteiger partial charge on any atom is 0.100 e. The van der Waals surface area contributed by atoms with Gasteiger partial charge in [0.05, 0.1) is 22.8 Å². The number of thiophene rings is 1. The lowest BCUT2D eigenvalue weighted by atomic mass is 9.90. The number of hydrogen-bond donors (Lipinski definition) is 1. The van der Waals surface area contributed by atoms with Crippen LogP contribution < -0.4 is 4.90 Å². The topological polar surface area (TPSA) is 39.5 Å². The number of aliphatic imine (C=N–C) groups is 1. The second-order valence-corrected chi connectivity index (χ2v) is 12.2. The predicted octanol–water partition coefficient (Wildman–Crippen LogP) is 11.3. The number of rotatable bonds is 4. The summed E-state index contributed by atoms with van der Waals surface area (Å²) in [5.41, 5.74) is 7.62. The molecule has 1 aliphatic rings. The fourth-order valence-corrected chi connectivity index (χ4v) is 7.87. The molecule has 0 aliphatic carbocycles. The number of para-hydroxylation sites is 1. The normalized spacial score (nSPS) is 12.5. The van der Waals surface area contributed by atoms with E-state index in [2.05, 4.69) is 120 Å². The Balaban J connectivity index is 1.20. The van der Waals surface area contributed by atoms with Gasteiger partial charge >= 0.3 is 0 Å². The second kappa shape index (κ2) is 9.73. The van der Waals surface area contributed by atoms with E-state index in [0.717, 1.165) is 32.9 Å². The third-order valence-electron chi connectivity index (χ3n) is 8.72. The van der Waals surface area contributed by atoms with Crippen LogP contribution in [0.5, 0.6) is 0 Å². The first-order chi connectivity index (χ1) is 21.7. The minimum absolute atomic E-state index is 0.479.